The summed E-state index contributed by atoms with van der Waals surface area (Å²) in [4.78, 5) is 8.11. The van der Waals surface area contributed by atoms with Crippen LogP contribution in [0.3, 0.4) is 0 Å². The van der Waals surface area contributed by atoms with Crippen LogP contribution in [0.2, 0.25) is 0 Å². The molecule has 0 amide bonds. The van der Waals surface area contributed by atoms with Crippen LogP contribution in [0.5, 0.6) is 0 Å². The molecule has 21 heavy (non-hydrogen) atoms. The van der Waals surface area contributed by atoms with Gasteiger partial charge in [0.25, 0.3) is 0 Å². The Morgan fingerprint density at radius 2 is 2.43 bits per heavy atom. The fourth-order valence-electron chi connectivity index (χ4n) is 3.14. The van der Waals surface area contributed by atoms with E-state index in [9.17, 15) is 0 Å². The molecule has 0 bridgehead atoms. The average Bonchev–Trinajstić information content (AvgIpc) is 3.06. The predicted molar refractivity (Wildman–Crippen MR) is 91.4 cm³/mol. The van der Waals surface area contributed by atoms with Gasteiger partial charge >= 0.3 is 0 Å². The molecule has 1 N–H and O–H groups in total. The van der Waals surface area contributed by atoms with Crippen LogP contribution >= 0.6 is 27.3 Å². The van der Waals surface area contributed by atoms with Gasteiger partial charge in [-0.3, -0.25) is 9.88 Å². The minimum absolute atomic E-state index is 0.487. The van der Waals surface area contributed by atoms with Crippen molar-refractivity contribution in [3.63, 3.8) is 0 Å². The summed E-state index contributed by atoms with van der Waals surface area (Å²) in [5.74, 6) is 0.655. The highest BCUT2D eigenvalue weighted by Crippen LogP contribution is 2.35. The second-order valence-electron chi connectivity index (χ2n) is 5.62. The van der Waals surface area contributed by atoms with Gasteiger partial charge in [0.1, 0.15) is 0 Å². The van der Waals surface area contributed by atoms with Crippen LogP contribution in [0.25, 0.3) is 0 Å². The molecule has 1 saturated heterocycles. The molecule has 0 saturated carbocycles. The molecule has 3 heterocycles. The zero-order chi connectivity index (χ0) is 14.7. The van der Waals surface area contributed by atoms with Crippen molar-refractivity contribution < 1.29 is 0 Å². The number of rotatable bonds is 5. The molecule has 0 unspecified atom stereocenters. The summed E-state index contributed by atoms with van der Waals surface area (Å²) in [7, 11) is 2.22. The van der Waals surface area contributed by atoms with Gasteiger partial charge in [-0.25, -0.2) is 0 Å². The number of halogens is 1. The van der Waals surface area contributed by atoms with Crippen molar-refractivity contribution in [2.75, 3.05) is 20.1 Å². The standard InChI is InChI=1S/C16H20BrN3S/c1-20-6-4-13(16(20)12-3-2-5-18-8-12)9-19-10-15-7-14(17)11-21-15/h2-3,5,7-8,11,13,16,19H,4,6,9-10H2,1H3/t13-,16-/m0/s1. The fraction of sp³-hybridized carbons (Fsp3) is 0.438. The molecule has 0 spiro atoms. The molecule has 2 aromatic rings. The second kappa shape index (κ2) is 7.01. The summed E-state index contributed by atoms with van der Waals surface area (Å²) >= 11 is 5.31. The van der Waals surface area contributed by atoms with E-state index in [0.29, 0.717) is 12.0 Å². The molecule has 2 atom stereocenters. The molecule has 0 radical (unpaired) electrons. The Morgan fingerprint density at radius 1 is 1.52 bits per heavy atom. The van der Waals surface area contributed by atoms with Gasteiger partial charge in [-0.15, -0.1) is 11.3 Å². The first-order chi connectivity index (χ1) is 10.2. The van der Waals surface area contributed by atoms with E-state index in [1.165, 1.54) is 21.3 Å². The van der Waals surface area contributed by atoms with Gasteiger partial charge in [-0.1, -0.05) is 6.07 Å². The molecule has 112 valence electrons. The topological polar surface area (TPSA) is 28.2 Å². The number of hydrogen-bond donors (Lipinski definition) is 1. The quantitative estimate of drug-likeness (QED) is 0.875. The fourth-order valence-corrected chi connectivity index (χ4v) is 4.57. The highest BCUT2D eigenvalue weighted by atomic mass is 79.9. The largest absolute Gasteiger partial charge is 0.312 e. The van der Waals surface area contributed by atoms with Crippen LogP contribution in [-0.2, 0) is 6.54 Å². The molecule has 1 fully saturated rings. The van der Waals surface area contributed by atoms with Gasteiger partial charge in [0, 0.05) is 46.3 Å². The van der Waals surface area contributed by atoms with Gasteiger partial charge < -0.3 is 5.32 Å². The summed E-state index contributed by atoms with van der Waals surface area (Å²) in [6.07, 6.45) is 5.10. The molecule has 0 aromatic carbocycles. The summed E-state index contributed by atoms with van der Waals surface area (Å²) in [6.45, 7) is 3.17. The predicted octanol–water partition coefficient (Wildman–Crippen LogP) is 3.69. The lowest BCUT2D eigenvalue weighted by atomic mass is 9.95. The minimum atomic E-state index is 0.487. The Labute approximate surface area is 138 Å². The number of nitrogens with one attached hydrogen (secondary N) is 1. The Kier molecular flexibility index (Phi) is 5.06. The van der Waals surface area contributed by atoms with Gasteiger partial charge in [0.05, 0.1) is 0 Å². The Morgan fingerprint density at radius 3 is 3.14 bits per heavy atom. The number of thiophene rings is 1. The SMILES string of the molecule is CN1CC[C@@H](CNCc2cc(Br)cs2)[C@@H]1c1cccnc1. The number of nitrogens with zero attached hydrogens (tertiary/aromatic N) is 2. The van der Waals surface area contributed by atoms with Gasteiger partial charge in [0.2, 0.25) is 0 Å². The molecule has 3 nitrogen and oxygen atoms in total. The summed E-state index contributed by atoms with van der Waals surface area (Å²) in [5.41, 5.74) is 1.34. The average molecular weight is 366 g/mol. The minimum Gasteiger partial charge on any atom is -0.312 e. The molecule has 1 aliphatic heterocycles. The van der Waals surface area contributed by atoms with Crippen LogP contribution in [0.4, 0.5) is 0 Å². The van der Waals surface area contributed by atoms with Crippen molar-refractivity contribution in [1.29, 1.82) is 0 Å². The normalized spacial score (nSPS) is 22.8. The van der Waals surface area contributed by atoms with E-state index < -0.39 is 0 Å². The van der Waals surface area contributed by atoms with Crippen molar-refractivity contribution in [3.8, 4) is 0 Å². The monoisotopic (exact) mass is 365 g/mol. The van der Waals surface area contributed by atoms with E-state index >= 15 is 0 Å². The molecular formula is C16H20BrN3S. The van der Waals surface area contributed by atoms with E-state index in [0.717, 1.165) is 19.6 Å². The molecule has 2 aromatic heterocycles. The van der Waals surface area contributed by atoms with Gasteiger partial charge in [-0.2, -0.15) is 0 Å². The van der Waals surface area contributed by atoms with Gasteiger partial charge in [0.15, 0.2) is 0 Å². The summed E-state index contributed by atoms with van der Waals surface area (Å²) in [5, 5.41) is 5.76. The van der Waals surface area contributed by atoms with E-state index in [4.69, 9.17) is 0 Å². The lowest BCUT2D eigenvalue weighted by Gasteiger charge is -2.25. The van der Waals surface area contributed by atoms with Crippen LogP contribution in [-0.4, -0.2) is 30.0 Å². The molecule has 1 aliphatic rings. The molecular weight excluding hydrogens is 346 g/mol. The highest BCUT2D eigenvalue weighted by Gasteiger charge is 2.32. The van der Waals surface area contributed by atoms with Crippen LogP contribution in [0.1, 0.15) is 22.9 Å². The smallest absolute Gasteiger partial charge is 0.0401 e. The van der Waals surface area contributed by atoms with Crippen LogP contribution in [0.15, 0.2) is 40.4 Å². The van der Waals surface area contributed by atoms with Crippen molar-refractivity contribution in [1.82, 2.24) is 15.2 Å². The second-order valence-corrected chi connectivity index (χ2v) is 7.53. The third-order valence-corrected chi connectivity index (χ3v) is 5.83. The van der Waals surface area contributed by atoms with E-state index in [2.05, 4.69) is 55.7 Å². The maximum atomic E-state index is 4.28. The third kappa shape index (κ3) is 3.72. The highest BCUT2D eigenvalue weighted by molar-refractivity contribution is 9.10. The van der Waals surface area contributed by atoms with E-state index in [1.807, 2.05) is 18.5 Å². The Hall–Kier alpha value is -0.750. The Bertz CT molecular complexity index is 572. The zero-order valence-electron chi connectivity index (χ0n) is 12.1. The molecule has 5 heteroatoms. The number of likely N-dealkylation sites (tertiary alicyclic amines) is 1. The third-order valence-electron chi connectivity index (χ3n) is 4.13. The first kappa shape index (κ1) is 15.2. The maximum absolute atomic E-state index is 4.28. The number of pyridine rings is 1. The lowest BCUT2D eigenvalue weighted by Crippen LogP contribution is -2.28. The zero-order valence-corrected chi connectivity index (χ0v) is 14.5. The first-order valence-electron chi connectivity index (χ1n) is 7.28. The first-order valence-corrected chi connectivity index (χ1v) is 8.95. The molecule has 0 aliphatic carbocycles. The number of aromatic nitrogens is 1. The molecule has 3 rings (SSSR count). The van der Waals surface area contributed by atoms with Crippen molar-refractivity contribution in [2.24, 2.45) is 5.92 Å². The van der Waals surface area contributed by atoms with Gasteiger partial charge in [-0.05, 0) is 59.6 Å². The summed E-state index contributed by atoms with van der Waals surface area (Å²) in [6, 6.07) is 6.91. The van der Waals surface area contributed by atoms with Crippen molar-refractivity contribution >= 4 is 27.3 Å². The van der Waals surface area contributed by atoms with Crippen molar-refractivity contribution in [3.05, 3.63) is 50.9 Å². The van der Waals surface area contributed by atoms with Crippen molar-refractivity contribution in [2.45, 2.75) is 19.0 Å². The van der Waals surface area contributed by atoms with E-state index in [1.54, 1.807) is 11.3 Å². The number of hydrogen-bond acceptors (Lipinski definition) is 4. The summed E-state index contributed by atoms with van der Waals surface area (Å²) < 4.78 is 1.18. The van der Waals surface area contributed by atoms with Crippen LogP contribution in [0, 0.1) is 5.92 Å². The van der Waals surface area contributed by atoms with Crippen LogP contribution < -0.4 is 5.32 Å². The Balaban J connectivity index is 1.59. The maximum Gasteiger partial charge on any atom is 0.0401 e. The lowest BCUT2D eigenvalue weighted by molar-refractivity contribution is 0.271. The van der Waals surface area contributed by atoms with E-state index in [-0.39, 0.29) is 0 Å².